The van der Waals surface area contributed by atoms with Crippen LogP contribution in [-0.4, -0.2) is 44.0 Å². The Balaban J connectivity index is 2.01. The van der Waals surface area contributed by atoms with E-state index < -0.39 is 5.60 Å². The Kier molecular flexibility index (Phi) is 2.47. The molecule has 1 aromatic rings. The number of hydrogen-bond donors (Lipinski definition) is 2. The quantitative estimate of drug-likeness (QED) is 0.627. The Labute approximate surface area is 82.3 Å². The van der Waals surface area contributed by atoms with Crippen molar-refractivity contribution < 1.29 is 5.11 Å². The van der Waals surface area contributed by atoms with Crippen molar-refractivity contribution in [2.24, 2.45) is 7.05 Å². The summed E-state index contributed by atoms with van der Waals surface area (Å²) < 4.78 is 0. The van der Waals surface area contributed by atoms with E-state index in [0.717, 1.165) is 25.9 Å². The molecule has 0 aromatic carbocycles. The second kappa shape index (κ2) is 3.62. The number of nitrogens with one attached hydrogen (secondary N) is 1. The molecule has 0 aliphatic carbocycles. The molecule has 0 atom stereocenters. The van der Waals surface area contributed by atoms with E-state index in [1.54, 1.807) is 7.05 Å². The Morgan fingerprint density at radius 1 is 1.50 bits per heavy atom. The van der Waals surface area contributed by atoms with Crippen LogP contribution in [0.4, 0.5) is 0 Å². The normalized spacial score (nSPS) is 21.0. The van der Waals surface area contributed by atoms with Gasteiger partial charge in [-0.2, -0.15) is 4.80 Å². The van der Waals surface area contributed by atoms with Crippen molar-refractivity contribution in [1.82, 2.24) is 25.5 Å². The average Bonchev–Trinajstić information content (AvgIpc) is 2.51. The fourth-order valence-electron chi connectivity index (χ4n) is 1.76. The summed E-state index contributed by atoms with van der Waals surface area (Å²) in [6.07, 6.45) is 2.01. The molecule has 2 heterocycles. The molecule has 1 saturated heterocycles. The number of hydrogen-bond acceptors (Lipinski definition) is 5. The van der Waals surface area contributed by atoms with Crippen LogP contribution in [0.1, 0.15) is 18.7 Å². The number of aryl methyl sites for hydroxylation is 1. The number of rotatable bonds is 2. The number of piperidine rings is 1. The minimum absolute atomic E-state index is 0.503. The lowest BCUT2D eigenvalue weighted by molar-refractivity contribution is 0.00906. The Bertz CT molecular complexity index is 304. The van der Waals surface area contributed by atoms with Gasteiger partial charge in [-0.05, 0) is 31.1 Å². The molecule has 78 valence electrons. The van der Waals surface area contributed by atoms with Gasteiger partial charge in [-0.3, -0.25) is 0 Å². The van der Waals surface area contributed by atoms with Gasteiger partial charge in [-0.1, -0.05) is 0 Å². The van der Waals surface area contributed by atoms with Gasteiger partial charge in [0.25, 0.3) is 0 Å². The van der Waals surface area contributed by atoms with Crippen LogP contribution in [-0.2, 0) is 13.5 Å². The summed E-state index contributed by atoms with van der Waals surface area (Å²) in [5.41, 5.74) is -0.645. The fraction of sp³-hybridized carbons (Fsp3) is 0.875. The van der Waals surface area contributed by atoms with Gasteiger partial charge in [0.2, 0.25) is 0 Å². The third kappa shape index (κ3) is 2.08. The van der Waals surface area contributed by atoms with Gasteiger partial charge in [0.15, 0.2) is 5.82 Å². The van der Waals surface area contributed by atoms with Gasteiger partial charge < -0.3 is 10.4 Å². The molecule has 0 radical (unpaired) electrons. The second-order valence-corrected chi connectivity index (χ2v) is 3.85. The molecular formula is C8H15N5O. The highest BCUT2D eigenvalue weighted by molar-refractivity contribution is 4.93. The molecule has 0 amide bonds. The highest BCUT2D eigenvalue weighted by Crippen LogP contribution is 2.21. The van der Waals surface area contributed by atoms with E-state index >= 15 is 0 Å². The van der Waals surface area contributed by atoms with E-state index in [9.17, 15) is 5.11 Å². The zero-order valence-corrected chi connectivity index (χ0v) is 8.27. The number of aromatic nitrogens is 4. The SMILES string of the molecule is Cn1nnc(CC2(O)CCNCC2)n1. The summed E-state index contributed by atoms with van der Waals surface area (Å²) in [6.45, 7) is 1.72. The van der Waals surface area contributed by atoms with Gasteiger partial charge in [-0.25, -0.2) is 0 Å². The molecule has 14 heavy (non-hydrogen) atoms. The first-order valence-electron chi connectivity index (χ1n) is 4.84. The Morgan fingerprint density at radius 3 is 2.79 bits per heavy atom. The summed E-state index contributed by atoms with van der Waals surface area (Å²) in [6, 6.07) is 0. The Hall–Kier alpha value is -1.01. The van der Waals surface area contributed by atoms with Crippen LogP contribution in [0.15, 0.2) is 0 Å². The van der Waals surface area contributed by atoms with Gasteiger partial charge in [-0.15, -0.1) is 10.2 Å². The third-order valence-corrected chi connectivity index (χ3v) is 2.57. The van der Waals surface area contributed by atoms with E-state index in [1.165, 1.54) is 4.80 Å². The summed E-state index contributed by atoms with van der Waals surface area (Å²) in [4.78, 5) is 1.42. The largest absolute Gasteiger partial charge is 0.389 e. The first kappa shape index (κ1) is 9.54. The van der Waals surface area contributed by atoms with Crippen LogP contribution in [0.3, 0.4) is 0 Å². The van der Waals surface area contributed by atoms with E-state index in [1.807, 2.05) is 0 Å². The highest BCUT2D eigenvalue weighted by atomic mass is 16.3. The van der Waals surface area contributed by atoms with Crippen molar-refractivity contribution in [1.29, 1.82) is 0 Å². The molecule has 1 fully saturated rings. The molecule has 1 aliphatic heterocycles. The third-order valence-electron chi connectivity index (χ3n) is 2.57. The van der Waals surface area contributed by atoms with E-state index in [0.29, 0.717) is 12.2 Å². The standard InChI is InChI=1S/C8H15N5O/c1-13-11-7(10-12-13)6-8(14)2-4-9-5-3-8/h9,14H,2-6H2,1H3. The molecule has 1 aromatic heterocycles. The van der Waals surface area contributed by atoms with Crippen molar-refractivity contribution in [3.8, 4) is 0 Å². The highest BCUT2D eigenvalue weighted by Gasteiger charge is 2.30. The molecule has 1 aliphatic rings. The van der Waals surface area contributed by atoms with Crippen LogP contribution in [0.5, 0.6) is 0 Å². The van der Waals surface area contributed by atoms with E-state index in [2.05, 4.69) is 20.7 Å². The molecule has 2 rings (SSSR count). The number of tetrazole rings is 1. The Morgan fingerprint density at radius 2 is 2.21 bits per heavy atom. The van der Waals surface area contributed by atoms with Gasteiger partial charge >= 0.3 is 0 Å². The van der Waals surface area contributed by atoms with Crippen molar-refractivity contribution >= 4 is 0 Å². The van der Waals surface area contributed by atoms with Crippen LogP contribution in [0.2, 0.25) is 0 Å². The monoisotopic (exact) mass is 197 g/mol. The summed E-state index contributed by atoms with van der Waals surface area (Å²) in [5, 5.41) is 25.1. The smallest absolute Gasteiger partial charge is 0.177 e. The van der Waals surface area contributed by atoms with E-state index in [-0.39, 0.29) is 0 Å². The second-order valence-electron chi connectivity index (χ2n) is 3.85. The lowest BCUT2D eigenvalue weighted by Crippen LogP contribution is -2.43. The van der Waals surface area contributed by atoms with Crippen LogP contribution in [0, 0.1) is 0 Å². The minimum Gasteiger partial charge on any atom is -0.389 e. The van der Waals surface area contributed by atoms with Crippen molar-refractivity contribution in [2.45, 2.75) is 24.9 Å². The zero-order valence-electron chi connectivity index (χ0n) is 8.27. The van der Waals surface area contributed by atoms with Gasteiger partial charge in [0.1, 0.15) is 0 Å². The summed E-state index contributed by atoms with van der Waals surface area (Å²) in [7, 11) is 1.73. The fourth-order valence-corrected chi connectivity index (χ4v) is 1.76. The summed E-state index contributed by atoms with van der Waals surface area (Å²) >= 11 is 0. The summed E-state index contributed by atoms with van der Waals surface area (Å²) in [5.74, 6) is 0.622. The van der Waals surface area contributed by atoms with Crippen molar-refractivity contribution in [3.63, 3.8) is 0 Å². The predicted octanol–water partition coefficient (Wildman–Crippen LogP) is -1.13. The van der Waals surface area contributed by atoms with Crippen LogP contribution < -0.4 is 5.32 Å². The van der Waals surface area contributed by atoms with E-state index in [4.69, 9.17) is 0 Å². The predicted molar refractivity (Wildman–Crippen MR) is 49.6 cm³/mol. The lowest BCUT2D eigenvalue weighted by Gasteiger charge is -2.31. The van der Waals surface area contributed by atoms with Crippen LogP contribution >= 0.6 is 0 Å². The molecule has 0 saturated carbocycles. The maximum absolute atomic E-state index is 10.2. The van der Waals surface area contributed by atoms with Gasteiger partial charge in [0, 0.05) is 6.42 Å². The molecule has 0 unspecified atom stereocenters. The molecule has 2 N–H and O–H groups in total. The molecular weight excluding hydrogens is 182 g/mol. The maximum Gasteiger partial charge on any atom is 0.177 e. The number of nitrogens with zero attached hydrogens (tertiary/aromatic N) is 4. The maximum atomic E-state index is 10.2. The first-order valence-corrected chi connectivity index (χ1v) is 4.84. The molecule has 0 spiro atoms. The average molecular weight is 197 g/mol. The van der Waals surface area contributed by atoms with Crippen LogP contribution in [0.25, 0.3) is 0 Å². The van der Waals surface area contributed by atoms with Crippen molar-refractivity contribution in [3.05, 3.63) is 5.82 Å². The molecule has 6 nitrogen and oxygen atoms in total. The lowest BCUT2D eigenvalue weighted by atomic mass is 9.89. The first-order chi connectivity index (χ1) is 6.68. The number of aliphatic hydroxyl groups is 1. The molecule has 0 bridgehead atoms. The van der Waals surface area contributed by atoms with Gasteiger partial charge in [0.05, 0.1) is 12.6 Å². The van der Waals surface area contributed by atoms with Crippen molar-refractivity contribution in [2.75, 3.05) is 13.1 Å². The molecule has 6 heteroatoms. The zero-order chi connectivity index (χ0) is 10.0. The minimum atomic E-state index is -0.645. The topological polar surface area (TPSA) is 75.9 Å².